The lowest BCUT2D eigenvalue weighted by Gasteiger charge is -2.36. The summed E-state index contributed by atoms with van der Waals surface area (Å²) >= 11 is 0. The van der Waals surface area contributed by atoms with Crippen molar-refractivity contribution >= 4 is 38.6 Å². The number of piperidine rings is 1. The van der Waals surface area contributed by atoms with Crippen LogP contribution in [0.15, 0.2) is 57.7 Å². The average molecular weight is 442 g/mol. The number of nitrogens with zero attached hydrogens (tertiary/aromatic N) is 4. The number of amides is 1. The number of rotatable bonds is 3. The van der Waals surface area contributed by atoms with Gasteiger partial charge in [-0.15, -0.1) is 0 Å². The topological polar surface area (TPSA) is 96.1 Å². The Hall–Kier alpha value is -3.27. The number of benzene rings is 2. The Morgan fingerprint density at radius 3 is 2.42 bits per heavy atom. The summed E-state index contributed by atoms with van der Waals surface area (Å²) in [5.74, 6) is -0.749. The van der Waals surface area contributed by atoms with Crippen molar-refractivity contribution < 1.29 is 17.6 Å². The number of oxazole rings is 1. The van der Waals surface area contributed by atoms with Crippen molar-refractivity contribution in [3.8, 4) is 0 Å². The van der Waals surface area contributed by atoms with Crippen LogP contribution in [0, 0.1) is 0 Å². The molecular weight excluding hydrogens is 420 g/mol. The van der Waals surface area contributed by atoms with Crippen LogP contribution in [0.3, 0.4) is 0 Å². The van der Waals surface area contributed by atoms with Crippen LogP contribution in [0.1, 0.15) is 12.8 Å². The van der Waals surface area contributed by atoms with Crippen molar-refractivity contribution in [2.45, 2.75) is 25.4 Å². The lowest BCUT2D eigenvalue weighted by atomic mass is 10.0. The molecule has 31 heavy (non-hydrogen) atoms. The SMILES string of the molecule is CN1c2ccccc2N(C2CCN(C(=O)Cn3c(=O)oc4ccccc43)CC2)S1(=O)=O. The van der Waals surface area contributed by atoms with Crippen LogP contribution < -0.4 is 14.4 Å². The van der Waals surface area contributed by atoms with Gasteiger partial charge in [0, 0.05) is 20.1 Å². The summed E-state index contributed by atoms with van der Waals surface area (Å²) in [6, 6.07) is 14.0. The molecule has 2 aliphatic heterocycles. The van der Waals surface area contributed by atoms with Gasteiger partial charge in [0.1, 0.15) is 6.54 Å². The molecule has 3 heterocycles. The second kappa shape index (κ2) is 7.16. The van der Waals surface area contributed by atoms with Crippen LogP contribution in [0.25, 0.3) is 11.1 Å². The third-order valence-corrected chi connectivity index (χ3v) is 7.95. The zero-order chi connectivity index (χ0) is 21.8. The monoisotopic (exact) mass is 442 g/mol. The molecule has 2 aromatic carbocycles. The molecule has 1 aromatic heterocycles. The van der Waals surface area contributed by atoms with E-state index in [0.29, 0.717) is 48.4 Å². The Balaban J connectivity index is 1.31. The van der Waals surface area contributed by atoms with Crippen molar-refractivity contribution in [2.24, 2.45) is 0 Å². The van der Waals surface area contributed by atoms with E-state index in [4.69, 9.17) is 4.42 Å². The van der Waals surface area contributed by atoms with Gasteiger partial charge in [0.15, 0.2) is 5.58 Å². The first kappa shape index (κ1) is 19.7. The maximum absolute atomic E-state index is 13.0. The molecule has 0 atom stereocenters. The number of hydrogen-bond acceptors (Lipinski definition) is 5. The van der Waals surface area contributed by atoms with Crippen LogP contribution >= 0.6 is 0 Å². The molecule has 0 spiro atoms. The van der Waals surface area contributed by atoms with Gasteiger partial charge in [-0.05, 0) is 37.1 Å². The molecule has 1 amide bonds. The second-order valence-electron chi connectivity index (χ2n) is 7.79. The van der Waals surface area contributed by atoms with E-state index in [1.54, 1.807) is 42.3 Å². The minimum atomic E-state index is -3.63. The lowest BCUT2D eigenvalue weighted by molar-refractivity contribution is -0.132. The summed E-state index contributed by atoms with van der Waals surface area (Å²) in [6.45, 7) is 0.742. The van der Waals surface area contributed by atoms with Gasteiger partial charge < -0.3 is 9.32 Å². The third kappa shape index (κ3) is 3.09. The number of carbonyl (C=O) groups is 1. The highest BCUT2D eigenvalue weighted by Gasteiger charge is 2.43. The van der Waals surface area contributed by atoms with Gasteiger partial charge in [-0.2, -0.15) is 8.42 Å². The Kier molecular flexibility index (Phi) is 4.54. The number of para-hydroxylation sites is 4. The minimum absolute atomic E-state index is 0.103. The summed E-state index contributed by atoms with van der Waals surface area (Å²) in [5.41, 5.74) is 2.36. The van der Waals surface area contributed by atoms with Crippen LogP contribution in [0.2, 0.25) is 0 Å². The number of anilines is 2. The Bertz CT molecular complexity index is 1320. The molecule has 0 aliphatic carbocycles. The molecular formula is C21H22N4O5S. The van der Waals surface area contributed by atoms with Crippen molar-refractivity contribution in [3.05, 3.63) is 59.1 Å². The molecule has 2 aliphatic rings. The average Bonchev–Trinajstić information content (AvgIpc) is 3.19. The predicted octanol–water partition coefficient (Wildman–Crippen LogP) is 1.79. The van der Waals surface area contributed by atoms with E-state index < -0.39 is 16.0 Å². The summed E-state index contributed by atoms with van der Waals surface area (Å²) in [7, 11) is -2.07. The highest BCUT2D eigenvalue weighted by atomic mass is 32.2. The summed E-state index contributed by atoms with van der Waals surface area (Å²) < 4.78 is 35.2. The zero-order valence-electron chi connectivity index (χ0n) is 17.0. The lowest BCUT2D eigenvalue weighted by Crippen LogP contribution is -2.50. The maximum Gasteiger partial charge on any atom is 0.420 e. The number of likely N-dealkylation sites (tertiary alicyclic amines) is 1. The quantitative estimate of drug-likeness (QED) is 0.616. The molecule has 162 valence electrons. The van der Waals surface area contributed by atoms with E-state index in [2.05, 4.69) is 0 Å². The Morgan fingerprint density at radius 1 is 1.03 bits per heavy atom. The number of fused-ring (bicyclic) bond motifs is 2. The molecule has 9 nitrogen and oxygen atoms in total. The van der Waals surface area contributed by atoms with E-state index in [1.807, 2.05) is 18.2 Å². The van der Waals surface area contributed by atoms with E-state index in [9.17, 15) is 18.0 Å². The molecule has 0 saturated carbocycles. The normalized spacial score (nSPS) is 18.5. The standard InChI is InChI=1S/C21H22N4O5S/c1-22-16-6-2-3-7-17(16)25(31(22,28)29)15-10-12-23(13-11-15)20(26)14-24-18-8-4-5-9-19(18)30-21(24)27/h2-9,15H,10-14H2,1H3. The van der Waals surface area contributed by atoms with Crippen LogP contribution in [0.5, 0.6) is 0 Å². The number of carbonyl (C=O) groups excluding carboxylic acids is 1. The highest BCUT2D eigenvalue weighted by Crippen LogP contribution is 2.42. The van der Waals surface area contributed by atoms with Crippen molar-refractivity contribution in [2.75, 3.05) is 28.7 Å². The number of hydrogen-bond donors (Lipinski definition) is 0. The summed E-state index contributed by atoms with van der Waals surface area (Å²) in [4.78, 5) is 26.7. The fraction of sp³-hybridized carbons (Fsp3) is 0.333. The van der Waals surface area contributed by atoms with E-state index in [0.717, 1.165) is 0 Å². The van der Waals surface area contributed by atoms with Crippen molar-refractivity contribution in [3.63, 3.8) is 0 Å². The Morgan fingerprint density at radius 2 is 1.68 bits per heavy atom. The molecule has 5 rings (SSSR count). The van der Waals surface area contributed by atoms with Gasteiger partial charge in [-0.1, -0.05) is 24.3 Å². The molecule has 0 N–H and O–H groups in total. The van der Waals surface area contributed by atoms with Crippen molar-refractivity contribution in [1.29, 1.82) is 0 Å². The van der Waals surface area contributed by atoms with Gasteiger partial charge >= 0.3 is 16.0 Å². The first-order valence-corrected chi connectivity index (χ1v) is 11.5. The molecule has 10 heteroatoms. The van der Waals surface area contributed by atoms with Gasteiger partial charge in [0.05, 0.1) is 22.9 Å². The molecule has 0 radical (unpaired) electrons. The number of aromatic nitrogens is 1. The molecule has 3 aromatic rings. The Labute approximate surface area is 179 Å². The molecule has 1 saturated heterocycles. The zero-order valence-corrected chi connectivity index (χ0v) is 17.8. The van der Waals surface area contributed by atoms with Crippen molar-refractivity contribution in [1.82, 2.24) is 9.47 Å². The maximum atomic E-state index is 13.0. The van der Waals surface area contributed by atoms with Gasteiger partial charge in [0.2, 0.25) is 5.91 Å². The van der Waals surface area contributed by atoms with Crippen LogP contribution in [-0.2, 0) is 21.5 Å². The van der Waals surface area contributed by atoms with Crippen LogP contribution in [0.4, 0.5) is 11.4 Å². The minimum Gasteiger partial charge on any atom is -0.408 e. The van der Waals surface area contributed by atoms with E-state index in [-0.39, 0.29) is 18.5 Å². The largest absolute Gasteiger partial charge is 0.420 e. The molecule has 0 unspecified atom stereocenters. The summed E-state index contributed by atoms with van der Waals surface area (Å²) in [5, 5.41) is 0. The molecule has 1 fully saturated rings. The fourth-order valence-electron chi connectivity index (χ4n) is 4.43. The highest BCUT2D eigenvalue weighted by molar-refractivity contribution is 7.94. The first-order chi connectivity index (χ1) is 14.9. The first-order valence-electron chi connectivity index (χ1n) is 10.1. The van der Waals surface area contributed by atoms with Gasteiger partial charge in [0.25, 0.3) is 0 Å². The molecule has 0 bridgehead atoms. The summed E-state index contributed by atoms with van der Waals surface area (Å²) in [6.07, 6.45) is 1.04. The van der Waals surface area contributed by atoms with E-state index in [1.165, 1.54) is 13.2 Å². The van der Waals surface area contributed by atoms with Gasteiger partial charge in [-0.3, -0.25) is 13.7 Å². The van der Waals surface area contributed by atoms with Gasteiger partial charge in [-0.25, -0.2) is 9.10 Å². The van der Waals surface area contributed by atoms with E-state index >= 15 is 0 Å². The smallest absolute Gasteiger partial charge is 0.408 e. The van der Waals surface area contributed by atoms with Crippen LogP contribution in [-0.4, -0.2) is 50.0 Å². The second-order valence-corrected chi connectivity index (χ2v) is 9.63. The predicted molar refractivity (Wildman–Crippen MR) is 116 cm³/mol. The third-order valence-electron chi connectivity index (χ3n) is 6.07. The fourth-order valence-corrected chi connectivity index (χ4v) is 6.09.